The summed E-state index contributed by atoms with van der Waals surface area (Å²) in [6.45, 7) is 6.12. The third-order valence-corrected chi connectivity index (χ3v) is 4.18. The fourth-order valence-corrected chi connectivity index (χ4v) is 2.34. The van der Waals surface area contributed by atoms with E-state index in [9.17, 15) is 4.79 Å². The van der Waals surface area contributed by atoms with E-state index in [2.05, 4.69) is 25.2 Å². The predicted molar refractivity (Wildman–Crippen MR) is 95.9 cm³/mol. The molecule has 0 aromatic heterocycles. The molecule has 0 aliphatic heterocycles. The first-order valence-corrected chi connectivity index (χ1v) is 8.10. The molecule has 0 spiro atoms. The van der Waals surface area contributed by atoms with Crippen molar-refractivity contribution in [3.8, 4) is 5.75 Å². The summed E-state index contributed by atoms with van der Waals surface area (Å²) in [5.41, 5.74) is 2.76. The minimum Gasteiger partial charge on any atom is -0.483 e. The maximum atomic E-state index is 12.0. The minimum absolute atomic E-state index is 0.0668. The van der Waals surface area contributed by atoms with Crippen LogP contribution < -0.4 is 10.1 Å². The highest BCUT2D eigenvalue weighted by Crippen LogP contribution is 2.26. The summed E-state index contributed by atoms with van der Waals surface area (Å²) in [5, 5.41) is 3.57. The predicted octanol–water partition coefficient (Wildman–Crippen LogP) is 5.44. The molecule has 1 N–H and O–H groups in total. The molecule has 3 nitrogen and oxygen atoms in total. The summed E-state index contributed by atoms with van der Waals surface area (Å²) in [4.78, 5) is 12.0. The highest BCUT2D eigenvalue weighted by Gasteiger charge is 2.09. The summed E-state index contributed by atoms with van der Waals surface area (Å²) in [5.74, 6) is 0.876. The van der Waals surface area contributed by atoms with E-state index in [1.165, 1.54) is 5.56 Å². The van der Waals surface area contributed by atoms with Crippen LogP contribution in [0.3, 0.4) is 0 Å². The van der Waals surface area contributed by atoms with Crippen LogP contribution in [0.25, 0.3) is 0 Å². The number of amides is 1. The summed E-state index contributed by atoms with van der Waals surface area (Å²) in [6.07, 6.45) is 0. The molecule has 122 valence electrons. The number of halogens is 2. The van der Waals surface area contributed by atoms with Gasteiger partial charge in [-0.05, 0) is 48.2 Å². The van der Waals surface area contributed by atoms with Gasteiger partial charge in [-0.3, -0.25) is 4.79 Å². The zero-order valence-electron chi connectivity index (χ0n) is 13.3. The van der Waals surface area contributed by atoms with Crippen molar-refractivity contribution in [1.29, 1.82) is 0 Å². The fourth-order valence-electron chi connectivity index (χ4n) is 2.05. The van der Waals surface area contributed by atoms with Crippen LogP contribution >= 0.6 is 23.2 Å². The molecule has 0 bridgehead atoms. The second-order valence-electron chi connectivity index (χ2n) is 5.65. The molecular weight excluding hydrogens is 333 g/mol. The molecule has 0 saturated heterocycles. The molecule has 0 aliphatic rings. The maximum absolute atomic E-state index is 12.0. The third kappa shape index (κ3) is 4.88. The van der Waals surface area contributed by atoms with Crippen LogP contribution in [0.4, 0.5) is 5.69 Å². The number of aryl methyl sites for hydroxylation is 1. The molecule has 0 heterocycles. The minimum atomic E-state index is -0.252. The van der Waals surface area contributed by atoms with Crippen LogP contribution in [0, 0.1) is 6.92 Å². The molecule has 2 aromatic carbocycles. The van der Waals surface area contributed by atoms with Crippen molar-refractivity contribution in [3.63, 3.8) is 0 Å². The number of hydrogen-bond acceptors (Lipinski definition) is 2. The van der Waals surface area contributed by atoms with Gasteiger partial charge >= 0.3 is 0 Å². The van der Waals surface area contributed by atoms with Crippen molar-refractivity contribution in [3.05, 3.63) is 57.6 Å². The number of anilines is 1. The van der Waals surface area contributed by atoms with Gasteiger partial charge in [-0.15, -0.1) is 0 Å². The Kier molecular flexibility index (Phi) is 5.91. The molecule has 0 unspecified atom stereocenters. The second kappa shape index (κ2) is 7.71. The van der Waals surface area contributed by atoms with Gasteiger partial charge in [0.15, 0.2) is 6.61 Å². The first-order valence-electron chi connectivity index (χ1n) is 7.35. The molecule has 5 heteroatoms. The lowest BCUT2D eigenvalue weighted by Crippen LogP contribution is -2.20. The molecule has 2 aromatic rings. The molecule has 0 saturated carbocycles. The van der Waals surface area contributed by atoms with Gasteiger partial charge in [0, 0.05) is 5.69 Å². The molecule has 1 amide bonds. The maximum Gasteiger partial charge on any atom is 0.262 e. The molecule has 0 fully saturated rings. The monoisotopic (exact) mass is 351 g/mol. The quantitative estimate of drug-likeness (QED) is 0.778. The lowest BCUT2D eigenvalue weighted by atomic mass is 10.0. The Morgan fingerprint density at radius 2 is 1.87 bits per heavy atom. The summed E-state index contributed by atoms with van der Waals surface area (Å²) >= 11 is 11.8. The summed E-state index contributed by atoms with van der Waals surface area (Å²) < 4.78 is 5.64. The Labute approximate surface area is 146 Å². The zero-order valence-corrected chi connectivity index (χ0v) is 14.8. The SMILES string of the molecule is Cc1ccc(C(C)C)cc1OCC(=O)Nc1ccc(Cl)c(Cl)c1. The molecule has 0 aliphatic carbocycles. The number of carbonyl (C=O) groups is 1. The van der Waals surface area contributed by atoms with E-state index in [0.717, 1.165) is 11.3 Å². The van der Waals surface area contributed by atoms with Crippen LogP contribution in [0.2, 0.25) is 10.0 Å². The van der Waals surface area contributed by atoms with E-state index in [4.69, 9.17) is 27.9 Å². The van der Waals surface area contributed by atoms with Crippen LogP contribution in [-0.2, 0) is 4.79 Å². The van der Waals surface area contributed by atoms with E-state index in [0.29, 0.717) is 21.7 Å². The standard InChI is InChI=1S/C18H19Cl2NO2/c1-11(2)13-5-4-12(3)17(8-13)23-10-18(22)21-14-6-7-15(19)16(20)9-14/h4-9,11H,10H2,1-3H3,(H,21,22). The van der Waals surface area contributed by atoms with E-state index in [1.807, 2.05) is 19.1 Å². The molecular formula is C18H19Cl2NO2. The molecule has 23 heavy (non-hydrogen) atoms. The summed E-state index contributed by atoms with van der Waals surface area (Å²) in [6, 6.07) is 11.0. The average molecular weight is 352 g/mol. The van der Waals surface area contributed by atoms with Crippen LogP contribution in [0.5, 0.6) is 5.75 Å². The Hall–Kier alpha value is -1.71. The highest BCUT2D eigenvalue weighted by molar-refractivity contribution is 6.42. The number of ether oxygens (including phenoxy) is 1. The van der Waals surface area contributed by atoms with Crippen molar-refractivity contribution >= 4 is 34.8 Å². The van der Waals surface area contributed by atoms with Gasteiger partial charge in [0.1, 0.15) is 5.75 Å². The van der Waals surface area contributed by atoms with Crippen molar-refractivity contribution < 1.29 is 9.53 Å². The number of carbonyl (C=O) groups excluding carboxylic acids is 1. The van der Waals surface area contributed by atoms with E-state index < -0.39 is 0 Å². The van der Waals surface area contributed by atoms with Gasteiger partial charge in [-0.2, -0.15) is 0 Å². The largest absolute Gasteiger partial charge is 0.483 e. The van der Waals surface area contributed by atoms with Gasteiger partial charge in [0.2, 0.25) is 0 Å². The van der Waals surface area contributed by atoms with Crippen LogP contribution in [0.15, 0.2) is 36.4 Å². The number of benzene rings is 2. The van der Waals surface area contributed by atoms with Crippen molar-refractivity contribution in [2.45, 2.75) is 26.7 Å². The smallest absolute Gasteiger partial charge is 0.262 e. The van der Waals surface area contributed by atoms with Gasteiger partial charge < -0.3 is 10.1 Å². The first-order chi connectivity index (χ1) is 10.9. The summed E-state index contributed by atoms with van der Waals surface area (Å²) in [7, 11) is 0. The lowest BCUT2D eigenvalue weighted by Gasteiger charge is -2.13. The second-order valence-corrected chi connectivity index (χ2v) is 6.46. The molecule has 0 atom stereocenters. The first kappa shape index (κ1) is 17.6. The molecule has 0 radical (unpaired) electrons. The Morgan fingerprint density at radius 1 is 1.13 bits per heavy atom. The van der Waals surface area contributed by atoms with E-state index in [-0.39, 0.29) is 12.5 Å². The normalized spacial score (nSPS) is 10.7. The number of nitrogens with one attached hydrogen (secondary N) is 1. The van der Waals surface area contributed by atoms with Crippen molar-refractivity contribution in [2.24, 2.45) is 0 Å². The van der Waals surface area contributed by atoms with Gasteiger partial charge in [-0.25, -0.2) is 0 Å². The van der Waals surface area contributed by atoms with Crippen LogP contribution in [-0.4, -0.2) is 12.5 Å². The lowest BCUT2D eigenvalue weighted by molar-refractivity contribution is -0.118. The van der Waals surface area contributed by atoms with E-state index >= 15 is 0 Å². The van der Waals surface area contributed by atoms with Gasteiger partial charge in [-0.1, -0.05) is 49.2 Å². The van der Waals surface area contributed by atoms with Crippen molar-refractivity contribution in [1.82, 2.24) is 0 Å². The van der Waals surface area contributed by atoms with E-state index in [1.54, 1.807) is 18.2 Å². The molecule has 2 rings (SSSR count). The Morgan fingerprint density at radius 3 is 2.52 bits per heavy atom. The number of rotatable bonds is 5. The highest BCUT2D eigenvalue weighted by atomic mass is 35.5. The fraction of sp³-hybridized carbons (Fsp3) is 0.278. The van der Waals surface area contributed by atoms with Gasteiger partial charge in [0.25, 0.3) is 5.91 Å². The average Bonchev–Trinajstić information content (AvgIpc) is 2.50. The third-order valence-electron chi connectivity index (χ3n) is 3.44. The van der Waals surface area contributed by atoms with Crippen LogP contribution in [0.1, 0.15) is 30.9 Å². The Bertz CT molecular complexity index is 714. The zero-order chi connectivity index (χ0) is 17.0. The number of hydrogen-bond donors (Lipinski definition) is 1. The Balaban J connectivity index is 1.99. The topological polar surface area (TPSA) is 38.3 Å². The van der Waals surface area contributed by atoms with Crippen molar-refractivity contribution in [2.75, 3.05) is 11.9 Å². The van der Waals surface area contributed by atoms with Gasteiger partial charge in [0.05, 0.1) is 10.0 Å².